The minimum atomic E-state index is 0.515. The topological polar surface area (TPSA) is 66.0 Å². The van der Waals surface area contributed by atoms with Gasteiger partial charge in [-0.25, -0.2) is 0 Å². The first-order valence-corrected chi connectivity index (χ1v) is 17.5. The molecule has 0 aliphatic carbocycles. The number of nitriles is 2. The van der Waals surface area contributed by atoms with Crippen molar-refractivity contribution < 1.29 is 9.47 Å². The van der Waals surface area contributed by atoms with E-state index in [0.29, 0.717) is 35.8 Å². The lowest BCUT2D eigenvalue weighted by atomic mass is 10.1. The SMILES string of the molecule is CCCCCCCCCCOc1c(-c2sc(Br)c(C#N)c2OCCCCCCCCCC)sc(Br)c1C#N. The molecule has 0 aliphatic rings. The molecule has 210 valence electrons. The summed E-state index contributed by atoms with van der Waals surface area (Å²) in [5, 5.41) is 19.7. The van der Waals surface area contributed by atoms with Gasteiger partial charge in [0, 0.05) is 0 Å². The largest absolute Gasteiger partial charge is 0.491 e. The first-order valence-electron chi connectivity index (χ1n) is 14.3. The summed E-state index contributed by atoms with van der Waals surface area (Å²) in [6.07, 6.45) is 19.7. The molecule has 0 fully saturated rings. The second-order valence-corrected chi connectivity index (χ2v) is 14.4. The molecule has 2 aromatic heterocycles. The maximum absolute atomic E-state index is 9.83. The van der Waals surface area contributed by atoms with Gasteiger partial charge in [0.1, 0.15) is 23.3 Å². The Morgan fingerprint density at radius 1 is 0.553 bits per heavy atom. The highest BCUT2D eigenvalue weighted by Crippen LogP contribution is 2.53. The number of unbranched alkanes of at least 4 members (excludes halogenated alkanes) is 14. The van der Waals surface area contributed by atoms with Gasteiger partial charge in [0.25, 0.3) is 0 Å². The number of ether oxygens (including phenoxy) is 2. The predicted molar refractivity (Wildman–Crippen MR) is 169 cm³/mol. The fourth-order valence-electron chi connectivity index (χ4n) is 4.36. The molecule has 0 unspecified atom stereocenters. The lowest BCUT2D eigenvalue weighted by molar-refractivity contribution is 0.302. The van der Waals surface area contributed by atoms with Gasteiger partial charge in [-0.05, 0) is 44.7 Å². The Morgan fingerprint density at radius 3 is 1.18 bits per heavy atom. The number of hydrogen-bond acceptors (Lipinski definition) is 6. The second-order valence-electron chi connectivity index (χ2n) is 9.69. The van der Waals surface area contributed by atoms with Crippen LogP contribution in [0, 0.1) is 22.7 Å². The van der Waals surface area contributed by atoms with E-state index in [2.05, 4.69) is 57.8 Å². The summed E-state index contributed by atoms with van der Waals surface area (Å²) in [5.74, 6) is 1.20. The van der Waals surface area contributed by atoms with Crippen molar-refractivity contribution in [1.29, 1.82) is 10.5 Å². The third-order valence-electron chi connectivity index (χ3n) is 6.56. The van der Waals surface area contributed by atoms with Crippen molar-refractivity contribution in [3.05, 3.63) is 18.7 Å². The number of halogens is 2. The molecule has 0 radical (unpaired) electrons. The minimum absolute atomic E-state index is 0.515. The summed E-state index contributed by atoms with van der Waals surface area (Å²) in [6.45, 7) is 5.64. The van der Waals surface area contributed by atoms with Crippen LogP contribution in [0.2, 0.25) is 0 Å². The lowest BCUT2D eigenvalue weighted by Crippen LogP contribution is -2.00. The zero-order valence-electron chi connectivity index (χ0n) is 23.0. The van der Waals surface area contributed by atoms with E-state index in [9.17, 15) is 10.5 Å². The summed E-state index contributed by atoms with van der Waals surface area (Å²) in [6, 6.07) is 4.60. The normalized spacial score (nSPS) is 10.9. The minimum Gasteiger partial charge on any atom is -0.491 e. The van der Waals surface area contributed by atoms with Crippen LogP contribution >= 0.6 is 54.5 Å². The van der Waals surface area contributed by atoms with Crippen LogP contribution in [0.4, 0.5) is 0 Å². The van der Waals surface area contributed by atoms with E-state index in [0.717, 1.165) is 43.0 Å². The fraction of sp³-hybridized carbons (Fsp3) is 0.667. The molecule has 0 bridgehead atoms. The van der Waals surface area contributed by atoms with E-state index >= 15 is 0 Å². The van der Waals surface area contributed by atoms with Gasteiger partial charge in [0.2, 0.25) is 0 Å². The third kappa shape index (κ3) is 10.8. The van der Waals surface area contributed by atoms with Crippen molar-refractivity contribution in [3.63, 3.8) is 0 Å². The number of hydrogen-bond donors (Lipinski definition) is 0. The molecule has 4 nitrogen and oxygen atoms in total. The first-order chi connectivity index (χ1) is 18.6. The van der Waals surface area contributed by atoms with E-state index in [1.54, 1.807) is 0 Å². The van der Waals surface area contributed by atoms with Gasteiger partial charge >= 0.3 is 0 Å². The summed E-state index contributed by atoms with van der Waals surface area (Å²) in [4.78, 5) is 1.71. The van der Waals surface area contributed by atoms with Gasteiger partial charge in [-0.1, -0.05) is 104 Å². The molecule has 2 aromatic rings. The van der Waals surface area contributed by atoms with Gasteiger partial charge in [0.05, 0.1) is 30.5 Å². The van der Waals surface area contributed by atoms with Gasteiger partial charge < -0.3 is 9.47 Å². The van der Waals surface area contributed by atoms with Crippen molar-refractivity contribution >= 4 is 54.5 Å². The highest BCUT2D eigenvalue weighted by molar-refractivity contribution is 9.11. The summed E-state index contributed by atoms with van der Waals surface area (Å²) in [7, 11) is 0. The smallest absolute Gasteiger partial charge is 0.157 e. The number of thiophene rings is 2. The van der Waals surface area contributed by atoms with Crippen LogP contribution < -0.4 is 9.47 Å². The first kappa shape index (κ1) is 33.1. The van der Waals surface area contributed by atoms with Crippen molar-refractivity contribution in [2.75, 3.05) is 13.2 Å². The van der Waals surface area contributed by atoms with Gasteiger partial charge in [0.15, 0.2) is 11.5 Å². The molecular weight excluding hydrogens is 644 g/mol. The third-order valence-corrected chi connectivity index (χ3v) is 10.4. The molecule has 0 spiro atoms. The predicted octanol–water partition coefficient (Wildman–Crippen LogP) is 11.8. The summed E-state index contributed by atoms with van der Waals surface area (Å²) in [5.41, 5.74) is 1.03. The second kappa shape index (κ2) is 19.9. The maximum Gasteiger partial charge on any atom is 0.157 e. The molecule has 0 N–H and O–H groups in total. The van der Waals surface area contributed by atoms with Crippen LogP contribution in [0.15, 0.2) is 7.57 Å². The maximum atomic E-state index is 9.83. The molecule has 2 heterocycles. The Morgan fingerprint density at radius 2 is 0.868 bits per heavy atom. The zero-order valence-corrected chi connectivity index (χ0v) is 27.8. The fourth-order valence-corrected chi connectivity index (χ4v) is 7.84. The van der Waals surface area contributed by atoms with Crippen molar-refractivity contribution in [2.45, 2.75) is 117 Å². The molecule has 0 amide bonds. The number of nitrogens with zero attached hydrogens (tertiary/aromatic N) is 2. The van der Waals surface area contributed by atoms with E-state index in [-0.39, 0.29) is 0 Å². The van der Waals surface area contributed by atoms with E-state index in [4.69, 9.17) is 9.47 Å². The molecule has 0 atom stereocenters. The van der Waals surface area contributed by atoms with E-state index in [1.165, 1.54) is 99.7 Å². The molecule has 0 aliphatic heterocycles. The van der Waals surface area contributed by atoms with Crippen LogP contribution in [0.5, 0.6) is 11.5 Å². The Balaban J connectivity index is 2.01. The van der Waals surface area contributed by atoms with Crippen LogP contribution in [-0.4, -0.2) is 13.2 Å². The van der Waals surface area contributed by atoms with Crippen LogP contribution in [0.3, 0.4) is 0 Å². The van der Waals surface area contributed by atoms with Gasteiger partial charge in [-0.2, -0.15) is 10.5 Å². The molecule has 38 heavy (non-hydrogen) atoms. The molecule has 2 rings (SSSR count). The van der Waals surface area contributed by atoms with E-state index in [1.807, 2.05) is 0 Å². The Bertz CT molecular complexity index is 954. The molecule has 0 saturated heterocycles. The zero-order chi connectivity index (χ0) is 27.6. The van der Waals surface area contributed by atoms with E-state index < -0.39 is 0 Å². The van der Waals surface area contributed by atoms with Crippen molar-refractivity contribution in [1.82, 2.24) is 0 Å². The average Bonchev–Trinajstić information content (AvgIpc) is 3.41. The van der Waals surface area contributed by atoms with Gasteiger partial charge in [-0.15, -0.1) is 22.7 Å². The van der Waals surface area contributed by atoms with Crippen molar-refractivity contribution in [3.8, 4) is 33.4 Å². The van der Waals surface area contributed by atoms with Crippen molar-refractivity contribution in [2.24, 2.45) is 0 Å². The molecular formula is C30H42Br2N2O2S2. The molecule has 0 saturated carbocycles. The Kier molecular flexibility index (Phi) is 17.4. The average molecular weight is 687 g/mol. The monoisotopic (exact) mass is 684 g/mol. The highest BCUT2D eigenvalue weighted by atomic mass is 79.9. The summed E-state index contributed by atoms with van der Waals surface area (Å²) >= 11 is 10.1. The Labute approximate surface area is 255 Å². The Hall–Kier alpha value is -1.06. The molecule has 0 aromatic carbocycles. The summed E-state index contributed by atoms with van der Waals surface area (Å²) < 4.78 is 13.9. The highest BCUT2D eigenvalue weighted by Gasteiger charge is 2.27. The number of rotatable bonds is 21. The van der Waals surface area contributed by atoms with Crippen LogP contribution in [0.1, 0.15) is 128 Å². The van der Waals surface area contributed by atoms with Gasteiger partial charge in [-0.3, -0.25) is 0 Å². The van der Waals surface area contributed by atoms with Crippen LogP contribution in [-0.2, 0) is 0 Å². The standard InChI is InChI=1S/C30H42Br2N2O2S2/c1-3-5-7-9-11-13-15-17-19-35-25-23(21-33)29(31)37-27(25)28-26(24(22-34)30(32)38-28)36-20-18-16-14-12-10-8-6-4-2/h3-20H2,1-2H3. The lowest BCUT2D eigenvalue weighted by Gasteiger charge is -2.10. The van der Waals surface area contributed by atoms with Crippen LogP contribution in [0.25, 0.3) is 9.75 Å². The molecule has 8 heteroatoms. The quantitative estimate of drug-likeness (QED) is 0.123.